The summed E-state index contributed by atoms with van der Waals surface area (Å²) in [5, 5.41) is 14.9. The minimum atomic E-state index is 0.00633. The quantitative estimate of drug-likeness (QED) is 0.824. The summed E-state index contributed by atoms with van der Waals surface area (Å²) in [6.07, 6.45) is 8.62. The number of fused-ring (bicyclic) bond motifs is 1. The third kappa shape index (κ3) is 2.62. The number of rotatable bonds is 4. The van der Waals surface area contributed by atoms with E-state index in [9.17, 15) is 5.11 Å². The number of hydrogen-bond acceptors (Lipinski definition) is 4. The molecule has 1 aliphatic heterocycles. The Balaban J connectivity index is 1.81. The van der Waals surface area contributed by atoms with Gasteiger partial charge in [-0.2, -0.15) is 0 Å². The topological polar surface area (TPSA) is 55.5 Å². The van der Waals surface area contributed by atoms with Crippen molar-refractivity contribution in [3.63, 3.8) is 0 Å². The summed E-state index contributed by atoms with van der Waals surface area (Å²) in [4.78, 5) is 0. The van der Waals surface area contributed by atoms with E-state index < -0.39 is 0 Å². The fourth-order valence-electron chi connectivity index (χ4n) is 4.20. The van der Waals surface area contributed by atoms with Gasteiger partial charge < -0.3 is 14.4 Å². The Labute approximate surface area is 149 Å². The van der Waals surface area contributed by atoms with Crippen LogP contribution in [0.15, 0.2) is 10.6 Å². The van der Waals surface area contributed by atoms with E-state index >= 15 is 0 Å². The maximum Gasteiger partial charge on any atom is 0.137 e. The van der Waals surface area contributed by atoms with Crippen LogP contribution >= 0.6 is 0 Å². The van der Waals surface area contributed by atoms with Crippen LogP contribution in [0.1, 0.15) is 67.9 Å². The summed E-state index contributed by atoms with van der Waals surface area (Å²) in [6, 6.07) is 2.01. The maximum atomic E-state index is 10.6. The number of benzene rings is 1. The van der Waals surface area contributed by atoms with Crippen molar-refractivity contribution in [2.75, 3.05) is 0 Å². The number of phenolic OH excluding ortho intramolecular Hbond substituents is 1. The molecule has 4 nitrogen and oxygen atoms in total. The zero-order valence-electron chi connectivity index (χ0n) is 15.4. The van der Waals surface area contributed by atoms with Gasteiger partial charge in [-0.15, -0.1) is 0 Å². The SMILES string of the molecule is CCCCc1cc(-c2c(C)c(O)c(C)c3c2OC2(CCC2)CC3)no1. The van der Waals surface area contributed by atoms with Crippen LogP contribution in [0.25, 0.3) is 11.3 Å². The second-order valence-electron chi connectivity index (χ2n) is 7.70. The molecule has 0 atom stereocenters. The van der Waals surface area contributed by atoms with E-state index in [0.717, 1.165) is 84.4 Å². The van der Waals surface area contributed by atoms with Crippen LogP contribution in [-0.4, -0.2) is 15.9 Å². The highest BCUT2D eigenvalue weighted by Gasteiger charge is 2.43. The van der Waals surface area contributed by atoms with Crippen molar-refractivity contribution in [2.24, 2.45) is 0 Å². The maximum absolute atomic E-state index is 10.6. The summed E-state index contributed by atoms with van der Waals surface area (Å²) in [5.41, 5.74) is 4.62. The normalized spacial score (nSPS) is 17.9. The van der Waals surface area contributed by atoms with Crippen molar-refractivity contribution >= 4 is 0 Å². The molecule has 4 rings (SSSR count). The fourth-order valence-corrected chi connectivity index (χ4v) is 4.20. The van der Waals surface area contributed by atoms with Crippen LogP contribution in [0.5, 0.6) is 11.5 Å². The van der Waals surface area contributed by atoms with E-state index in [2.05, 4.69) is 12.1 Å². The number of aromatic hydroxyl groups is 1. The molecule has 0 radical (unpaired) electrons. The summed E-state index contributed by atoms with van der Waals surface area (Å²) >= 11 is 0. The molecule has 1 spiro atoms. The number of unbranched alkanes of at least 4 members (excludes halogenated alkanes) is 1. The monoisotopic (exact) mass is 341 g/mol. The second-order valence-corrected chi connectivity index (χ2v) is 7.70. The lowest BCUT2D eigenvalue weighted by molar-refractivity contribution is -0.0247. The van der Waals surface area contributed by atoms with Crippen LogP contribution in [0.4, 0.5) is 0 Å². The first-order chi connectivity index (χ1) is 12.0. The summed E-state index contributed by atoms with van der Waals surface area (Å²) in [5.74, 6) is 2.19. The molecular weight excluding hydrogens is 314 g/mol. The molecular formula is C21H27NO3. The van der Waals surface area contributed by atoms with Gasteiger partial charge in [-0.25, -0.2) is 0 Å². The Bertz CT molecular complexity index is 802. The highest BCUT2D eigenvalue weighted by molar-refractivity contribution is 5.78. The van der Waals surface area contributed by atoms with E-state index in [0.29, 0.717) is 5.75 Å². The molecule has 0 unspecified atom stereocenters. The predicted octanol–water partition coefficient (Wildman–Crippen LogP) is 5.25. The van der Waals surface area contributed by atoms with Crippen molar-refractivity contribution < 1.29 is 14.4 Å². The van der Waals surface area contributed by atoms with Crippen molar-refractivity contribution in [2.45, 2.75) is 77.7 Å². The largest absolute Gasteiger partial charge is 0.507 e. The van der Waals surface area contributed by atoms with Gasteiger partial charge in [-0.3, -0.25) is 0 Å². The average molecular weight is 341 g/mol. The van der Waals surface area contributed by atoms with E-state index in [4.69, 9.17) is 9.26 Å². The zero-order chi connectivity index (χ0) is 17.6. The van der Waals surface area contributed by atoms with Gasteiger partial charge in [0.05, 0.1) is 5.56 Å². The van der Waals surface area contributed by atoms with Gasteiger partial charge in [0.15, 0.2) is 0 Å². The van der Waals surface area contributed by atoms with Gasteiger partial charge in [0.25, 0.3) is 0 Å². The molecule has 1 aromatic heterocycles. The van der Waals surface area contributed by atoms with Crippen LogP contribution < -0.4 is 4.74 Å². The molecule has 4 heteroatoms. The molecule has 1 aromatic carbocycles. The Morgan fingerprint density at radius 1 is 1.20 bits per heavy atom. The lowest BCUT2D eigenvalue weighted by Gasteiger charge is -2.46. The van der Waals surface area contributed by atoms with Crippen molar-refractivity contribution in [1.29, 1.82) is 0 Å². The number of ether oxygens (including phenoxy) is 1. The molecule has 1 N–H and O–H groups in total. The van der Waals surface area contributed by atoms with Gasteiger partial charge >= 0.3 is 0 Å². The van der Waals surface area contributed by atoms with E-state index in [1.165, 1.54) is 6.42 Å². The van der Waals surface area contributed by atoms with Gasteiger partial charge in [-0.05, 0) is 57.9 Å². The molecule has 1 fully saturated rings. The Kier molecular flexibility index (Phi) is 4.01. The minimum absolute atomic E-state index is 0.00633. The molecule has 0 saturated heterocycles. The van der Waals surface area contributed by atoms with Crippen molar-refractivity contribution in [3.05, 3.63) is 28.5 Å². The number of phenols is 1. The molecule has 2 heterocycles. The standard InChI is InChI=1S/C21H27NO3/c1-4-5-7-15-12-17(22-25-15)18-14(3)19(23)13(2)16-8-11-21(9-6-10-21)24-20(16)18/h12,23H,4-11H2,1-3H3. The van der Waals surface area contributed by atoms with Crippen LogP contribution in [0, 0.1) is 13.8 Å². The molecule has 2 aromatic rings. The van der Waals surface area contributed by atoms with Crippen LogP contribution in [0.3, 0.4) is 0 Å². The zero-order valence-corrected chi connectivity index (χ0v) is 15.4. The summed E-state index contributed by atoms with van der Waals surface area (Å²) in [6.45, 7) is 6.11. The molecule has 0 amide bonds. The van der Waals surface area contributed by atoms with Gasteiger partial charge in [0.1, 0.15) is 28.6 Å². The van der Waals surface area contributed by atoms with Gasteiger partial charge in [0, 0.05) is 23.6 Å². The first-order valence-electron chi connectivity index (χ1n) is 9.54. The van der Waals surface area contributed by atoms with Crippen LogP contribution in [0.2, 0.25) is 0 Å². The van der Waals surface area contributed by atoms with Crippen LogP contribution in [-0.2, 0) is 12.8 Å². The lowest BCUT2D eigenvalue weighted by atomic mass is 9.73. The van der Waals surface area contributed by atoms with Crippen molar-refractivity contribution in [3.8, 4) is 22.8 Å². The Morgan fingerprint density at radius 3 is 2.68 bits per heavy atom. The number of aryl methyl sites for hydroxylation is 1. The predicted molar refractivity (Wildman–Crippen MR) is 97.2 cm³/mol. The molecule has 2 aliphatic rings. The van der Waals surface area contributed by atoms with Crippen molar-refractivity contribution in [1.82, 2.24) is 5.16 Å². The summed E-state index contributed by atoms with van der Waals surface area (Å²) in [7, 11) is 0. The van der Waals surface area contributed by atoms with Gasteiger partial charge in [0.2, 0.25) is 0 Å². The molecule has 25 heavy (non-hydrogen) atoms. The fraction of sp³-hybridized carbons (Fsp3) is 0.571. The highest BCUT2D eigenvalue weighted by atomic mass is 16.5. The van der Waals surface area contributed by atoms with E-state index in [-0.39, 0.29) is 5.60 Å². The third-order valence-corrected chi connectivity index (χ3v) is 6.05. The van der Waals surface area contributed by atoms with E-state index in [1.807, 2.05) is 19.9 Å². The van der Waals surface area contributed by atoms with E-state index in [1.54, 1.807) is 0 Å². The number of hydrogen-bond donors (Lipinski definition) is 1. The number of aromatic nitrogens is 1. The van der Waals surface area contributed by atoms with Gasteiger partial charge in [-0.1, -0.05) is 18.5 Å². The molecule has 1 saturated carbocycles. The highest BCUT2D eigenvalue weighted by Crippen LogP contribution is 2.52. The first-order valence-corrected chi connectivity index (χ1v) is 9.54. The Morgan fingerprint density at radius 2 is 2.00 bits per heavy atom. The molecule has 134 valence electrons. The Hall–Kier alpha value is -1.97. The lowest BCUT2D eigenvalue weighted by Crippen LogP contribution is -2.46. The molecule has 1 aliphatic carbocycles. The minimum Gasteiger partial charge on any atom is -0.507 e. The average Bonchev–Trinajstić information content (AvgIpc) is 3.05. The smallest absolute Gasteiger partial charge is 0.137 e. The third-order valence-electron chi connectivity index (χ3n) is 6.05. The first kappa shape index (κ1) is 16.5. The molecule has 0 bridgehead atoms. The summed E-state index contributed by atoms with van der Waals surface area (Å²) < 4.78 is 12.1. The number of nitrogens with zero attached hydrogens (tertiary/aromatic N) is 1. The second kappa shape index (κ2) is 6.08.